The number of nitrogens with zero attached hydrogens (tertiary/aromatic N) is 3. The highest BCUT2D eigenvalue weighted by Gasteiger charge is 2.52. The van der Waals surface area contributed by atoms with Gasteiger partial charge in [0.25, 0.3) is 0 Å². The lowest BCUT2D eigenvalue weighted by Gasteiger charge is -2.19. The average molecular weight is 514 g/mol. The van der Waals surface area contributed by atoms with E-state index in [0.29, 0.717) is 15.3 Å². The summed E-state index contributed by atoms with van der Waals surface area (Å²) < 4.78 is 106. The van der Waals surface area contributed by atoms with E-state index in [1.165, 1.54) is 6.92 Å². The van der Waals surface area contributed by atoms with Crippen molar-refractivity contribution in [3.63, 3.8) is 0 Å². The fourth-order valence-electron chi connectivity index (χ4n) is 4.10. The minimum atomic E-state index is -4.01. The van der Waals surface area contributed by atoms with Crippen molar-refractivity contribution in [3.8, 4) is 16.9 Å². The third kappa shape index (κ3) is 3.46. The zero-order chi connectivity index (χ0) is 25.3. The van der Waals surface area contributed by atoms with Crippen LogP contribution in [0.3, 0.4) is 0 Å². The molecule has 0 saturated carbocycles. The van der Waals surface area contributed by atoms with Gasteiger partial charge in [0.05, 0.1) is 23.2 Å². The van der Waals surface area contributed by atoms with Crippen molar-refractivity contribution >= 4 is 21.0 Å². The van der Waals surface area contributed by atoms with Crippen molar-refractivity contribution in [2.45, 2.75) is 25.4 Å². The van der Waals surface area contributed by atoms with Crippen LogP contribution in [-0.4, -0.2) is 34.5 Å². The highest BCUT2D eigenvalue weighted by Crippen LogP contribution is 2.40. The Hall–Kier alpha value is -3.52. The van der Waals surface area contributed by atoms with E-state index in [9.17, 15) is 26.4 Å². The van der Waals surface area contributed by atoms with Crippen molar-refractivity contribution in [3.05, 3.63) is 70.2 Å². The molecular weight excluding hydrogens is 499 g/mol. The lowest BCUT2D eigenvalue weighted by molar-refractivity contribution is -0.0248. The van der Waals surface area contributed by atoms with Gasteiger partial charge in [-0.2, -0.15) is 8.78 Å². The van der Waals surface area contributed by atoms with Crippen LogP contribution in [0, 0.1) is 17.5 Å². The minimum absolute atomic E-state index is 0.155. The van der Waals surface area contributed by atoms with Gasteiger partial charge in [0.1, 0.15) is 29.2 Å². The van der Waals surface area contributed by atoms with Crippen LogP contribution in [0.25, 0.3) is 27.9 Å². The monoisotopic (exact) mass is 514 g/mol. The number of halogens is 5. The highest BCUT2D eigenvalue weighted by molar-refractivity contribution is 7.89. The van der Waals surface area contributed by atoms with Crippen molar-refractivity contribution in [2.75, 3.05) is 5.75 Å². The Morgan fingerprint density at radius 2 is 1.77 bits per heavy atom. The number of benzene rings is 2. The number of fused-ring (bicyclic) bond motifs is 2. The van der Waals surface area contributed by atoms with Gasteiger partial charge in [0, 0.05) is 11.8 Å². The van der Waals surface area contributed by atoms with E-state index >= 15 is 8.78 Å². The average Bonchev–Trinajstić information content (AvgIpc) is 3.42. The summed E-state index contributed by atoms with van der Waals surface area (Å²) in [5, 5.41) is 3.36. The number of hydrogen-bond donors (Lipinski definition) is 1. The first-order valence-corrected chi connectivity index (χ1v) is 11.8. The van der Waals surface area contributed by atoms with Crippen molar-refractivity contribution < 1.29 is 34.9 Å². The summed E-state index contributed by atoms with van der Waals surface area (Å²) in [4.78, 5) is 13.0. The predicted molar refractivity (Wildman–Crippen MR) is 113 cm³/mol. The topological polar surface area (TPSA) is 99.1 Å². The minimum Gasteiger partial charge on any atom is -0.354 e. The third-order valence-electron chi connectivity index (χ3n) is 5.84. The van der Waals surface area contributed by atoms with E-state index in [1.54, 1.807) is 0 Å². The molecule has 0 amide bonds. The van der Waals surface area contributed by atoms with Crippen LogP contribution < -0.4 is 10.4 Å². The molecule has 0 radical (unpaired) electrons. The van der Waals surface area contributed by atoms with E-state index in [2.05, 4.69) is 5.16 Å². The van der Waals surface area contributed by atoms with Crippen molar-refractivity contribution in [2.24, 2.45) is 0 Å². The Labute approximate surface area is 193 Å². The second kappa shape index (κ2) is 7.75. The molecule has 0 saturated heterocycles. The third-order valence-corrected chi connectivity index (χ3v) is 7.24. The maximum Gasteiger partial charge on any atom is 0.334 e. The van der Waals surface area contributed by atoms with Crippen LogP contribution in [0.5, 0.6) is 0 Å². The molecule has 1 N–H and O–H groups in total. The van der Waals surface area contributed by atoms with Gasteiger partial charge >= 0.3 is 11.6 Å². The molecule has 0 aliphatic carbocycles. The molecule has 1 atom stereocenters. The van der Waals surface area contributed by atoms with E-state index in [4.69, 9.17) is 4.52 Å². The van der Waals surface area contributed by atoms with Gasteiger partial charge in [-0.1, -0.05) is 11.2 Å². The first-order chi connectivity index (χ1) is 16.5. The maximum atomic E-state index is 15.0. The summed E-state index contributed by atoms with van der Waals surface area (Å²) in [6, 6.07) is 2.98. The van der Waals surface area contributed by atoms with E-state index in [1.807, 2.05) is 4.72 Å². The van der Waals surface area contributed by atoms with E-state index in [-0.39, 0.29) is 11.0 Å². The molecule has 184 valence electrons. The Balaban J connectivity index is 1.70. The normalized spacial score (nSPS) is 17.3. The predicted octanol–water partition coefficient (Wildman–Crippen LogP) is 3.28. The highest BCUT2D eigenvalue weighted by atomic mass is 32.2. The summed E-state index contributed by atoms with van der Waals surface area (Å²) in [6.45, 7) is 0.583. The summed E-state index contributed by atoms with van der Waals surface area (Å²) in [5.74, 6) is -7.96. The van der Waals surface area contributed by atoms with Crippen molar-refractivity contribution in [1.82, 2.24) is 19.0 Å². The SMILES string of the molecule is CCS(=O)(=O)N[C@@H]1Cn2c(cn(-c3noc4ccc(F)c(-c5c(F)cccc5F)c34)c2=O)C1(F)F. The van der Waals surface area contributed by atoms with Crippen LogP contribution >= 0.6 is 0 Å². The van der Waals surface area contributed by atoms with Gasteiger partial charge in [-0.3, -0.25) is 4.57 Å². The fraction of sp³-hybridized carbons (Fsp3) is 0.238. The van der Waals surface area contributed by atoms with Gasteiger partial charge in [0.2, 0.25) is 10.0 Å². The number of imidazole rings is 1. The van der Waals surface area contributed by atoms with E-state index < -0.39 is 80.1 Å². The summed E-state index contributed by atoms with van der Waals surface area (Å²) in [6.07, 6.45) is 0.715. The number of rotatable bonds is 5. The van der Waals surface area contributed by atoms with Crippen LogP contribution in [0.4, 0.5) is 22.0 Å². The number of alkyl halides is 2. The molecular formula is C21H15F5N4O4S. The fourth-order valence-corrected chi connectivity index (χ4v) is 4.92. The molecule has 8 nitrogen and oxygen atoms in total. The molecule has 4 aromatic rings. The zero-order valence-electron chi connectivity index (χ0n) is 17.7. The largest absolute Gasteiger partial charge is 0.354 e. The molecule has 1 aliphatic rings. The Morgan fingerprint density at radius 3 is 2.40 bits per heavy atom. The zero-order valence-corrected chi connectivity index (χ0v) is 18.5. The van der Waals surface area contributed by atoms with E-state index in [0.717, 1.165) is 30.3 Å². The van der Waals surface area contributed by atoms with Crippen LogP contribution in [0.2, 0.25) is 0 Å². The smallest absolute Gasteiger partial charge is 0.334 e. The van der Waals surface area contributed by atoms with Gasteiger partial charge in [0.15, 0.2) is 11.4 Å². The first-order valence-electron chi connectivity index (χ1n) is 10.2. The van der Waals surface area contributed by atoms with Gasteiger partial charge in [-0.15, -0.1) is 0 Å². The molecule has 1 aliphatic heterocycles. The van der Waals surface area contributed by atoms with Gasteiger partial charge in [-0.25, -0.2) is 35.7 Å². The molecule has 14 heteroatoms. The Bertz CT molecular complexity index is 1640. The Morgan fingerprint density at radius 1 is 1.11 bits per heavy atom. The second-order valence-electron chi connectivity index (χ2n) is 7.87. The lowest BCUT2D eigenvalue weighted by Crippen LogP contribution is -2.45. The van der Waals surface area contributed by atoms with Crippen LogP contribution in [-0.2, 0) is 22.5 Å². The van der Waals surface area contributed by atoms with Crippen molar-refractivity contribution in [1.29, 1.82) is 0 Å². The standard InChI is InChI=1S/C21H15F5N4O4S/c1-2-35(32,33)28-14-8-29-15(21(14,25)26)9-30(20(29)31)19-18-13(34-27-19)7-6-12(24)17(18)16-10(22)4-3-5-11(16)23/h3-7,9,14,28H,2,8H2,1H3/t14-/m1/s1. The molecule has 2 aromatic carbocycles. The second-order valence-corrected chi connectivity index (χ2v) is 9.92. The molecule has 5 rings (SSSR count). The van der Waals surface area contributed by atoms with Crippen LogP contribution in [0.15, 0.2) is 45.8 Å². The molecule has 0 bridgehead atoms. The van der Waals surface area contributed by atoms with Gasteiger partial charge < -0.3 is 4.52 Å². The molecule has 3 heterocycles. The number of sulfonamides is 1. The molecule has 0 fully saturated rings. The molecule has 0 unspecified atom stereocenters. The summed E-state index contributed by atoms with van der Waals surface area (Å²) >= 11 is 0. The number of aromatic nitrogens is 3. The maximum absolute atomic E-state index is 15.0. The first kappa shape index (κ1) is 23.2. The quantitative estimate of drug-likeness (QED) is 0.412. The van der Waals surface area contributed by atoms with Gasteiger partial charge in [-0.05, 0) is 31.2 Å². The number of nitrogens with one attached hydrogen (secondary N) is 1. The molecule has 2 aromatic heterocycles. The molecule has 35 heavy (non-hydrogen) atoms. The number of hydrogen-bond acceptors (Lipinski definition) is 5. The lowest BCUT2D eigenvalue weighted by atomic mass is 9.99. The summed E-state index contributed by atoms with van der Waals surface area (Å²) in [5.41, 5.74) is -3.39. The summed E-state index contributed by atoms with van der Waals surface area (Å²) in [7, 11) is -4.01. The molecule has 0 spiro atoms. The van der Waals surface area contributed by atoms with Crippen LogP contribution in [0.1, 0.15) is 12.6 Å². The Kier molecular flexibility index (Phi) is 5.14.